The lowest BCUT2D eigenvalue weighted by Crippen LogP contribution is -2.09. The first-order chi connectivity index (χ1) is 8.24. The third-order valence-electron chi connectivity index (χ3n) is 4.04. The maximum absolute atomic E-state index is 10.4. The van der Waals surface area contributed by atoms with E-state index in [4.69, 9.17) is 4.74 Å². The van der Waals surface area contributed by atoms with Gasteiger partial charge in [-0.1, -0.05) is 31.9 Å². The number of hydrogen-bond acceptors (Lipinski definition) is 2. The van der Waals surface area contributed by atoms with Crippen LogP contribution in [0.4, 0.5) is 0 Å². The average molecular weight is 234 g/mol. The summed E-state index contributed by atoms with van der Waals surface area (Å²) >= 11 is 0. The van der Waals surface area contributed by atoms with Crippen LogP contribution in [0.3, 0.4) is 0 Å². The Morgan fingerprint density at radius 1 is 1.41 bits per heavy atom. The number of aliphatic hydroxyl groups is 1. The fraction of sp³-hybridized carbons (Fsp3) is 0.600. The number of hydrogen-bond donors (Lipinski definition) is 1. The van der Waals surface area contributed by atoms with Crippen LogP contribution in [0.1, 0.15) is 44.3 Å². The summed E-state index contributed by atoms with van der Waals surface area (Å²) in [4.78, 5) is 0. The summed E-state index contributed by atoms with van der Waals surface area (Å²) in [5.74, 6) is 2.05. The van der Waals surface area contributed by atoms with E-state index in [1.165, 1.54) is 12.8 Å². The highest BCUT2D eigenvalue weighted by molar-refractivity contribution is 5.30. The van der Waals surface area contributed by atoms with Gasteiger partial charge in [0.15, 0.2) is 0 Å². The minimum atomic E-state index is -0.332. The molecule has 0 heterocycles. The SMILES string of the molecule is CCC1CCC(C(O)c2cccc(OC)c2)C1. The summed E-state index contributed by atoms with van der Waals surface area (Å²) in [6.45, 7) is 2.24. The van der Waals surface area contributed by atoms with E-state index in [-0.39, 0.29) is 6.10 Å². The minimum Gasteiger partial charge on any atom is -0.497 e. The smallest absolute Gasteiger partial charge is 0.119 e. The van der Waals surface area contributed by atoms with Gasteiger partial charge in [0, 0.05) is 0 Å². The average Bonchev–Trinajstić information content (AvgIpc) is 2.86. The van der Waals surface area contributed by atoms with Crippen molar-refractivity contribution in [3.8, 4) is 5.75 Å². The van der Waals surface area contributed by atoms with E-state index in [1.807, 2.05) is 24.3 Å². The van der Waals surface area contributed by atoms with E-state index < -0.39 is 0 Å². The fourth-order valence-corrected chi connectivity index (χ4v) is 2.87. The van der Waals surface area contributed by atoms with Crippen LogP contribution < -0.4 is 4.74 Å². The van der Waals surface area contributed by atoms with Crippen LogP contribution in [0, 0.1) is 11.8 Å². The largest absolute Gasteiger partial charge is 0.497 e. The van der Waals surface area contributed by atoms with Gasteiger partial charge in [-0.3, -0.25) is 0 Å². The van der Waals surface area contributed by atoms with Gasteiger partial charge in [0.2, 0.25) is 0 Å². The second kappa shape index (κ2) is 5.54. The van der Waals surface area contributed by atoms with Crippen molar-refractivity contribution >= 4 is 0 Å². The summed E-state index contributed by atoms with van der Waals surface area (Å²) in [6, 6.07) is 7.81. The monoisotopic (exact) mass is 234 g/mol. The molecule has 1 saturated carbocycles. The Kier molecular flexibility index (Phi) is 4.06. The molecular weight excluding hydrogens is 212 g/mol. The first-order valence-corrected chi connectivity index (χ1v) is 6.56. The van der Waals surface area contributed by atoms with Crippen molar-refractivity contribution < 1.29 is 9.84 Å². The Labute approximate surface area is 104 Å². The molecule has 94 valence electrons. The molecule has 0 spiro atoms. The molecule has 1 aliphatic carbocycles. The van der Waals surface area contributed by atoms with Crippen molar-refractivity contribution in [1.29, 1.82) is 0 Å². The van der Waals surface area contributed by atoms with Gasteiger partial charge in [0.1, 0.15) is 5.75 Å². The Morgan fingerprint density at radius 2 is 2.24 bits per heavy atom. The molecule has 17 heavy (non-hydrogen) atoms. The molecule has 0 amide bonds. The molecule has 1 aliphatic rings. The van der Waals surface area contributed by atoms with Gasteiger partial charge in [-0.25, -0.2) is 0 Å². The van der Waals surface area contributed by atoms with Crippen LogP contribution in [0.2, 0.25) is 0 Å². The van der Waals surface area contributed by atoms with Gasteiger partial charge < -0.3 is 9.84 Å². The lowest BCUT2D eigenvalue weighted by Gasteiger charge is -2.19. The van der Waals surface area contributed by atoms with E-state index in [2.05, 4.69) is 6.92 Å². The maximum atomic E-state index is 10.4. The third kappa shape index (κ3) is 2.81. The number of benzene rings is 1. The Hall–Kier alpha value is -1.02. The normalized spacial score (nSPS) is 25.8. The highest BCUT2D eigenvalue weighted by Gasteiger charge is 2.29. The predicted molar refractivity (Wildman–Crippen MR) is 69.1 cm³/mol. The van der Waals surface area contributed by atoms with E-state index in [1.54, 1.807) is 7.11 Å². The molecule has 1 fully saturated rings. The molecule has 0 saturated heterocycles. The molecule has 3 atom stereocenters. The van der Waals surface area contributed by atoms with E-state index in [0.717, 1.165) is 30.1 Å². The first kappa shape index (κ1) is 12.4. The van der Waals surface area contributed by atoms with E-state index >= 15 is 0 Å². The molecule has 0 bridgehead atoms. The molecule has 2 rings (SSSR count). The summed E-state index contributed by atoms with van der Waals surface area (Å²) in [5, 5.41) is 10.4. The zero-order chi connectivity index (χ0) is 12.3. The van der Waals surface area contributed by atoms with Crippen molar-refractivity contribution in [2.75, 3.05) is 7.11 Å². The van der Waals surface area contributed by atoms with Crippen LogP contribution in [0.15, 0.2) is 24.3 Å². The summed E-state index contributed by atoms with van der Waals surface area (Å²) in [6.07, 6.45) is 4.48. The highest BCUT2D eigenvalue weighted by atomic mass is 16.5. The van der Waals surface area contributed by atoms with Crippen molar-refractivity contribution in [2.24, 2.45) is 11.8 Å². The Morgan fingerprint density at radius 3 is 2.88 bits per heavy atom. The molecule has 2 nitrogen and oxygen atoms in total. The van der Waals surface area contributed by atoms with Crippen molar-refractivity contribution in [3.63, 3.8) is 0 Å². The van der Waals surface area contributed by atoms with Crippen LogP contribution in [-0.4, -0.2) is 12.2 Å². The van der Waals surface area contributed by atoms with Gasteiger partial charge in [0.05, 0.1) is 13.2 Å². The van der Waals surface area contributed by atoms with Gasteiger partial charge in [-0.15, -0.1) is 0 Å². The maximum Gasteiger partial charge on any atom is 0.119 e. The summed E-state index contributed by atoms with van der Waals surface area (Å²) in [7, 11) is 1.66. The quantitative estimate of drug-likeness (QED) is 0.863. The second-order valence-electron chi connectivity index (χ2n) is 5.07. The lowest BCUT2D eigenvalue weighted by molar-refractivity contribution is 0.109. The van der Waals surface area contributed by atoms with E-state index in [9.17, 15) is 5.11 Å². The third-order valence-corrected chi connectivity index (χ3v) is 4.04. The van der Waals surface area contributed by atoms with Crippen molar-refractivity contribution in [1.82, 2.24) is 0 Å². The molecular formula is C15H22O2. The van der Waals surface area contributed by atoms with Gasteiger partial charge in [-0.2, -0.15) is 0 Å². The predicted octanol–water partition coefficient (Wildman–Crippen LogP) is 3.55. The summed E-state index contributed by atoms with van der Waals surface area (Å²) < 4.78 is 5.20. The fourth-order valence-electron chi connectivity index (χ4n) is 2.87. The molecule has 1 N–H and O–H groups in total. The minimum absolute atomic E-state index is 0.332. The topological polar surface area (TPSA) is 29.5 Å². The molecule has 3 unspecified atom stereocenters. The highest BCUT2D eigenvalue weighted by Crippen LogP contribution is 2.40. The van der Waals surface area contributed by atoms with Crippen molar-refractivity contribution in [2.45, 2.75) is 38.7 Å². The Balaban J connectivity index is 2.06. The van der Waals surface area contributed by atoms with Crippen LogP contribution in [0.25, 0.3) is 0 Å². The number of rotatable bonds is 4. The van der Waals surface area contributed by atoms with Crippen LogP contribution >= 0.6 is 0 Å². The molecule has 0 aromatic heterocycles. The standard InChI is InChI=1S/C15H22O2/c1-3-11-7-8-13(9-11)15(16)12-5-4-6-14(10-12)17-2/h4-6,10-11,13,15-16H,3,7-9H2,1-2H3. The van der Waals surface area contributed by atoms with Gasteiger partial charge in [0.25, 0.3) is 0 Å². The van der Waals surface area contributed by atoms with Gasteiger partial charge in [-0.05, 0) is 42.4 Å². The molecule has 1 aromatic rings. The van der Waals surface area contributed by atoms with Gasteiger partial charge >= 0.3 is 0 Å². The Bertz CT molecular complexity index is 362. The van der Waals surface area contributed by atoms with E-state index in [0.29, 0.717) is 5.92 Å². The molecule has 0 aliphatic heterocycles. The van der Waals surface area contributed by atoms with Crippen LogP contribution in [-0.2, 0) is 0 Å². The van der Waals surface area contributed by atoms with Crippen LogP contribution in [0.5, 0.6) is 5.75 Å². The van der Waals surface area contributed by atoms with Crippen molar-refractivity contribution in [3.05, 3.63) is 29.8 Å². The molecule has 2 heteroatoms. The molecule has 0 radical (unpaired) electrons. The summed E-state index contributed by atoms with van der Waals surface area (Å²) in [5.41, 5.74) is 0.992. The zero-order valence-electron chi connectivity index (χ0n) is 10.7. The first-order valence-electron chi connectivity index (χ1n) is 6.56. The second-order valence-corrected chi connectivity index (χ2v) is 5.07. The number of ether oxygens (including phenoxy) is 1. The lowest BCUT2D eigenvalue weighted by atomic mass is 9.93. The molecule has 1 aromatic carbocycles. The number of methoxy groups -OCH3 is 1. The number of aliphatic hydroxyl groups excluding tert-OH is 1. The zero-order valence-corrected chi connectivity index (χ0v) is 10.7.